The van der Waals surface area contributed by atoms with Gasteiger partial charge in [-0.05, 0) is 42.8 Å². The number of nitrogens with zero attached hydrogens (tertiary/aromatic N) is 1. The molecular formula is C17H19FN2O4S2. The Labute approximate surface area is 152 Å². The highest BCUT2D eigenvalue weighted by Crippen LogP contribution is 2.28. The molecule has 1 aliphatic heterocycles. The largest absolute Gasteiger partial charge is 0.306 e. The number of halogens is 1. The van der Waals surface area contributed by atoms with Crippen molar-refractivity contribution in [2.24, 2.45) is 0 Å². The third-order valence-corrected chi connectivity index (χ3v) is 8.72. The summed E-state index contributed by atoms with van der Waals surface area (Å²) < 4.78 is 63.6. The fraction of sp³-hybridized carbons (Fsp3) is 0.353. The lowest BCUT2D eigenvalue weighted by Gasteiger charge is -2.20. The fourth-order valence-corrected chi connectivity index (χ4v) is 8.09. The number of aryl methyl sites for hydroxylation is 1. The van der Waals surface area contributed by atoms with Gasteiger partial charge in [-0.2, -0.15) is 0 Å². The number of sulfone groups is 2. The second-order valence-electron chi connectivity index (χ2n) is 6.38. The molecule has 3 rings (SSSR count). The number of hydrogen-bond acceptors (Lipinski definition) is 6. The van der Waals surface area contributed by atoms with E-state index in [1.165, 1.54) is 13.0 Å². The predicted octanol–water partition coefficient (Wildman–Crippen LogP) is 1.26. The maximum Gasteiger partial charge on any atom is 0.184 e. The second kappa shape index (κ2) is 7.05. The molecule has 26 heavy (non-hydrogen) atoms. The monoisotopic (exact) mass is 398 g/mol. The van der Waals surface area contributed by atoms with Crippen LogP contribution in [0, 0.1) is 12.7 Å². The minimum atomic E-state index is -3.94. The molecule has 2 atom stereocenters. The molecule has 0 bridgehead atoms. The van der Waals surface area contributed by atoms with Crippen LogP contribution in [0.25, 0.3) is 0 Å². The minimum absolute atomic E-state index is 0.0364. The molecule has 0 amide bonds. The summed E-state index contributed by atoms with van der Waals surface area (Å²) >= 11 is 0. The Hall–Kier alpha value is -1.84. The van der Waals surface area contributed by atoms with Gasteiger partial charge in [-0.1, -0.05) is 6.07 Å². The van der Waals surface area contributed by atoms with Crippen molar-refractivity contribution in [1.29, 1.82) is 0 Å². The van der Waals surface area contributed by atoms with Gasteiger partial charge in [0.2, 0.25) is 0 Å². The zero-order valence-electron chi connectivity index (χ0n) is 14.1. The number of aromatic nitrogens is 1. The molecule has 2 aromatic rings. The van der Waals surface area contributed by atoms with Crippen molar-refractivity contribution < 1.29 is 21.2 Å². The second-order valence-corrected chi connectivity index (χ2v) is 10.7. The van der Waals surface area contributed by atoms with Gasteiger partial charge in [-0.25, -0.2) is 21.2 Å². The van der Waals surface area contributed by atoms with Gasteiger partial charge < -0.3 is 5.32 Å². The summed E-state index contributed by atoms with van der Waals surface area (Å²) in [6.07, 6.45) is 1.61. The Bertz CT molecular complexity index is 1010. The average molecular weight is 398 g/mol. The van der Waals surface area contributed by atoms with E-state index in [-0.39, 0.29) is 22.8 Å². The van der Waals surface area contributed by atoms with Gasteiger partial charge in [0.25, 0.3) is 0 Å². The fourth-order valence-electron chi connectivity index (χ4n) is 3.15. The highest BCUT2D eigenvalue weighted by Gasteiger charge is 2.46. The van der Waals surface area contributed by atoms with Gasteiger partial charge in [0.1, 0.15) is 5.82 Å². The third kappa shape index (κ3) is 3.94. The molecule has 140 valence electrons. The minimum Gasteiger partial charge on any atom is -0.306 e. The summed E-state index contributed by atoms with van der Waals surface area (Å²) in [4.78, 5) is 4.11. The van der Waals surface area contributed by atoms with Crippen LogP contribution < -0.4 is 5.32 Å². The molecule has 1 aromatic carbocycles. The van der Waals surface area contributed by atoms with Gasteiger partial charge in [-0.3, -0.25) is 4.98 Å². The first-order chi connectivity index (χ1) is 12.2. The lowest BCUT2D eigenvalue weighted by atomic mass is 10.2. The van der Waals surface area contributed by atoms with E-state index >= 15 is 0 Å². The molecule has 1 aliphatic rings. The molecule has 1 fully saturated rings. The van der Waals surface area contributed by atoms with Crippen LogP contribution in [0.4, 0.5) is 4.39 Å². The Morgan fingerprint density at radius 1 is 1.23 bits per heavy atom. The summed E-state index contributed by atoms with van der Waals surface area (Å²) in [5.74, 6) is -1.25. The molecular weight excluding hydrogens is 379 g/mol. The van der Waals surface area contributed by atoms with Gasteiger partial charge in [0.15, 0.2) is 19.7 Å². The number of nitrogens with one attached hydrogen (secondary N) is 1. The van der Waals surface area contributed by atoms with Crippen LogP contribution in [0.3, 0.4) is 0 Å². The molecule has 1 saturated heterocycles. The van der Waals surface area contributed by atoms with Crippen molar-refractivity contribution >= 4 is 19.7 Å². The Kier molecular flexibility index (Phi) is 5.14. The van der Waals surface area contributed by atoms with E-state index in [0.717, 1.165) is 12.1 Å². The van der Waals surface area contributed by atoms with Crippen LogP contribution in [0.2, 0.25) is 0 Å². The first-order valence-corrected chi connectivity index (χ1v) is 11.4. The van der Waals surface area contributed by atoms with Gasteiger partial charge in [0, 0.05) is 18.8 Å². The number of benzene rings is 1. The standard InChI is InChI=1S/C17H19FN2O4S2/c1-12-8-13(18)5-6-16(12)26(23,24)17-11-25(21,22)10-15(17)20-9-14-4-2-3-7-19-14/h2-8,15,17,20H,9-11H2,1H3/t15-,17-/m0/s1. The van der Waals surface area contributed by atoms with E-state index < -0.39 is 42.5 Å². The summed E-state index contributed by atoms with van der Waals surface area (Å²) in [6.45, 7) is 1.76. The van der Waals surface area contributed by atoms with Crippen LogP contribution >= 0.6 is 0 Å². The first kappa shape index (κ1) is 18.9. The van der Waals surface area contributed by atoms with E-state index in [4.69, 9.17) is 0 Å². The number of hydrogen-bond donors (Lipinski definition) is 1. The van der Waals surface area contributed by atoms with E-state index in [9.17, 15) is 21.2 Å². The Balaban J connectivity index is 1.89. The lowest BCUT2D eigenvalue weighted by Crippen LogP contribution is -2.43. The zero-order valence-corrected chi connectivity index (χ0v) is 15.7. The Morgan fingerprint density at radius 3 is 2.65 bits per heavy atom. The summed E-state index contributed by atoms with van der Waals surface area (Å²) in [5, 5.41) is 1.89. The van der Waals surface area contributed by atoms with Crippen LogP contribution in [0.15, 0.2) is 47.5 Å². The van der Waals surface area contributed by atoms with E-state index in [2.05, 4.69) is 10.3 Å². The van der Waals surface area contributed by atoms with Crippen molar-refractivity contribution in [2.45, 2.75) is 29.7 Å². The van der Waals surface area contributed by atoms with E-state index in [0.29, 0.717) is 5.69 Å². The molecule has 0 unspecified atom stereocenters. The summed E-state index contributed by atoms with van der Waals surface area (Å²) in [6, 6.07) is 7.97. The molecule has 0 saturated carbocycles. The quantitative estimate of drug-likeness (QED) is 0.762. The highest BCUT2D eigenvalue weighted by atomic mass is 32.2. The topological polar surface area (TPSA) is 93.2 Å². The van der Waals surface area contributed by atoms with Crippen molar-refractivity contribution in [3.63, 3.8) is 0 Å². The van der Waals surface area contributed by atoms with Crippen molar-refractivity contribution in [3.8, 4) is 0 Å². The van der Waals surface area contributed by atoms with E-state index in [1.807, 2.05) is 0 Å². The number of rotatable bonds is 5. The van der Waals surface area contributed by atoms with Crippen molar-refractivity contribution in [1.82, 2.24) is 10.3 Å². The summed E-state index contributed by atoms with van der Waals surface area (Å²) in [5.41, 5.74) is 0.948. The van der Waals surface area contributed by atoms with Crippen LogP contribution in [-0.4, -0.2) is 44.6 Å². The third-order valence-electron chi connectivity index (χ3n) is 4.41. The highest BCUT2D eigenvalue weighted by molar-refractivity contribution is 7.96. The first-order valence-electron chi connectivity index (χ1n) is 8.03. The molecule has 0 spiro atoms. The van der Waals surface area contributed by atoms with Crippen LogP contribution in [-0.2, 0) is 26.2 Å². The average Bonchev–Trinajstić information content (AvgIpc) is 2.89. The van der Waals surface area contributed by atoms with Crippen LogP contribution in [0.1, 0.15) is 11.3 Å². The predicted molar refractivity (Wildman–Crippen MR) is 95.6 cm³/mol. The number of pyridine rings is 1. The van der Waals surface area contributed by atoms with E-state index in [1.54, 1.807) is 24.4 Å². The normalized spacial score (nSPS) is 22.4. The molecule has 6 nitrogen and oxygen atoms in total. The Morgan fingerprint density at radius 2 is 2.00 bits per heavy atom. The zero-order chi connectivity index (χ0) is 18.9. The molecule has 1 N–H and O–H groups in total. The lowest BCUT2D eigenvalue weighted by molar-refractivity contribution is 0.522. The SMILES string of the molecule is Cc1cc(F)ccc1S(=O)(=O)[C@H]1CS(=O)(=O)C[C@@H]1NCc1ccccn1. The molecule has 0 aliphatic carbocycles. The van der Waals surface area contributed by atoms with Gasteiger partial charge in [-0.15, -0.1) is 0 Å². The smallest absolute Gasteiger partial charge is 0.184 e. The molecule has 1 aromatic heterocycles. The molecule has 2 heterocycles. The molecule has 0 radical (unpaired) electrons. The van der Waals surface area contributed by atoms with Crippen LogP contribution in [0.5, 0.6) is 0 Å². The summed E-state index contributed by atoms with van der Waals surface area (Å²) in [7, 11) is -7.44. The van der Waals surface area contributed by atoms with Crippen molar-refractivity contribution in [2.75, 3.05) is 11.5 Å². The maximum atomic E-state index is 13.3. The van der Waals surface area contributed by atoms with Crippen molar-refractivity contribution in [3.05, 3.63) is 59.7 Å². The van der Waals surface area contributed by atoms with Gasteiger partial charge >= 0.3 is 0 Å². The maximum absolute atomic E-state index is 13.3. The van der Waals surface area contributed by atoms with Gasteiger partial charge in [0.05, 0.1) is 27.3 Å². The molecule has 9 heteroatoms.